The fourth-order valence-corrected chi connectivity index (χ4v) is 6.72. The summed E-state index contributed by atoms with van der Waals surface area (Å²) in [6.45, 7) is 11.9. The maximum Gasteiger partial charge on any atom is 0.421 e. The molecule has 4 aromatic rings. The molecule has 0 radical (unpaired) electrons. The zero-order valence-corrected chi connectivity index (χ0v) is 31.0. The maximum atomic E-state index is 14.3. The molecule has 51 heavy (non-hydrogen) atoms. The summed E-state index contributed by atoms with van der Waals surface area (Å²) in [6.07, 6.45) is 7.34. The number of pyridine rings is 1. The zero-order chi connectivity index (χ0) is 37.0. The highest BCUT2D eigenvalue weighted by Gasteiger charge is 2.50. The Labute approximate surface area is 297 Å². The van der Waals surface area contributed by atoms with E-state index in [4.69, 9.17) is 14.5 Å². The Morgan fingerprint density at radius 3 is 2.24 bits per heavy atom. The average Bonchev–Trinajstić information content (AvgIpc) is 3.94. The van der Waals surface area contributed by atoms with Gasteiger partial charge in [0.1, 0.15) is 22.7 Å². The molecule has 0 N–H and O–H groups in total. The van der Waals surface area contributed by atoms with Gasteiger partial charge in [0.25, 0.3) is 0 Å². The van der Waals surface area contributed by atoms with Gasteiger partial charge in [-0.15, -0.1) is 0 Å². The number of anilines is 2. The molecular formula is C37H44N6O7S. The number of hydrogen-bond acceptors (Lipinski definition) is 10. The monoisotopic (exact) mass is 716 g/mol. The van der Waals surface area contributed by atoms with Crippen molar-refractivity contribution in [1.82, 2.24) is 19.4 Å². The van der Waals surface area contributed by atoms with Crippen molar-refractivity contribution in [3.8, 4) is 0 Å². The van der Waals surface area contributed by atoms with E-state index >= 15 is 0 Å². The Bertz CT molecular complexity index is 2130. The van der Waals surface area contributed by atoms with Gasteiger partial charge in [-0.2, -0.15) is 0 Å². The number of sulfone groups is 1. The van der Waals surface area contributed by atoms with Gasteiger partial charge in [-0.1, -0.05) is 6.07 Å². The number of rotatable bonds is 8. The summed E-state index contributed by atoms with van der Waals surface area (Å²) in [4.78, 5) is 57.4. The largest absolute Gasteiger partial charge is 0.443 e. The molecule has 14 heteroatoms. The molecule has 270 valence electrons. The molecule has 13 nitrogen and oxygen atoms in total. The van der Waals surface area contributed by atoms with E-state index in [1.165, 1.54) is 28.7 Å². The zero-order valence-electron chi connectivity index (χ0n) is 30.2. The highest BCUT2D eigenvalue weighted by molar-refractivity contribution is 7.90. The van der Waals surface area contributed by atoms with Crippen LogP contribution in [0.1, 0.15) is 95.4 Å². The number of aromatic nitrogens is 4. The maximum absolute atomic E-state index is 14.3. The van der Waals surface area contributed by atoms with Crippen molar-refractivity contribution in [2.24, 2.45) is 5.92 Å². The van der Waals surface area contributed by atoms with Crippen LogP contribution in [0.4, 0.5) is 21.0 Å². The second-order valence-electron chi connectivity index (χ2n) is 15.4. The van der Waals surface area contributed by atoms with Gasteiger partial charge in [0.15, 0.2) is 9.84 Å². The number of fused-ring (bicyclic) bond motifs is 1. The first-order valence-corrected chi connectivity index (χ1v) is 18.9. The lowest BCUT2D eigenvalue weighted by molar-refractivity contribution is -0.119. The third-order valence-electron chi connectivity index (χ3n) is 8.45. The summed E-state index contributed by atoms with van der Waals surface area (Å²) >= 11 is 0. The Balaban J connectivity index is 1.44. The minimum absolute atomic E-state index is 0.0528. The molecule has 3 amide bonds. The van der Waals surface area contributed by atoms with E-state index in [0.29, 0.717) is 29.5 Å². The molecule has 2 saturated carbocycles. The molecular weight excluding hydrogens is 673 g/mol. The van der Waals surface area contributed by atoms with Gasteiger partial charge in [-0.05, 0) is 110 Å². The fraction of sp³-hybridized carbons (Fsp3) is 0.459. The van der Waals surface area contributed by atoms with E-state index in [-0.39, 0.29) is 28.7 Å². The van der Waals surface area contributed by atoms with Crippen molar-refractivity contribution in [2.45, 2.75) is 102 Å². The molecule has 2 aliphatic rings. The predicted octanol–water partition coefficient (Wildman–Crippen LogP) is 6.73. The number of hydrogen-bond donors (Lipinski definition) is 0. The van der Waals surface area contributed by atoms with Crippen LogP contribution in [-0.2, 0) is 30.7 Å². The van der Waals surface area contributed by atoms with Crippen LogP contribution >= 0.6 is 0 Å². The standard InChI is InChI=1S/C37H44N6O7S/c1-22-15-16-38-32(39-22)27-18-28(27)33(44)43(35(46)50-37(5,6)7)29-17-26(12-13-30(29)51(8,47)48)42(34(45)49-36(2,3)4)21-25-20-41-19-24(23-9-10-23)11-14-31(41)40-25/h11-17,19-20,23,27-28H,9-10,18,21H2,1-8H3/t27-,28-/m0/s1. The topological polar surface area (TPSA) is 153 Å². The number of carbonyl (C=O) groups is 3. The second-order valence-corrected chi connectivity index (χ2v) is 17.4. The van der Waals surface area contributed by atoms with E-state index in [2.05, 4.69) is 16.0 Å². The average molecular weight is 717 g/mol. The molecule has 3 heterocycles. The van der Waals surface area contributed by atoms with Crippen molar-refractivity contribution in [3.05, 3.63) is 77.8 Å². The normalized spacial score (nSPS) is 17.6. The van der Waals surface area contributed by atoms with E-state index in [9.17, 15) is 22.8 Å². The molecule has 2 aliphatic carbocycles. The van der Waals surface area contributed by atoms with Crippen molar-refractivity contribution >= 4 is 45.0 Å². The van der Waals surface area contributed by atoms with E-state index in [1.807, 2.05) is 29.8 Å². The summed E-state index contributed by atoms with van der Waals surface area (Å²) in [5.74, 6) is -0.757. The van der Waals surface area contributed by atoms with Crippen LogP contribution < -0.4 is 9.80 Å². The van der Waals surface area contributed by atoms with Crippen molar-refractivity contribution in [3.63, 3.8) is 0 Å². The summed E-state index contributed by atoms with van der Waals surface area (Å²) in [7, 11) is -4.02. The van der Waals surface area contributed by atoms with E-state index in [0.717, 1.165) is 29.7 Å². The van der Waals surface area contributed by atoms with E-state index in [1.54, 1.807) is 53.8 Å². The summed E-state index contributed by atoms with van der Waals surface area (Å²) in [5, 5.41) is 0. The number of imide groups is 1. The Hall–Kier alpha value is -4.85. The lowest BCUT2D eigenvalue weighted by Crippen LogP contribution is -2.43. The minimum Gasteiger partial charge on any atom is -0.443 e. The summed E-state index contributed by atoms with van der Waals surface area (Å²) in [6, 6.07) is 9.80. The molecule has 3 aromatic heterocycles. The quantitative estimate of drug-likeness (QED) is 0.192. The van der Waals surface area contributed by atoms with Gasteiger partial charge < -0.3 is 13.9 Å². The molecule has 6 rings (SSSR count). The number of benzene rings is 1. The minimum atomic E-state index is -4.02. The number of aryl methyl sites for hydroxylation is 1. The lowest BCUT2D eigenvalue weighted by Gasteiger charge is -2.30. The van der Waals surface area contributed by atoms with Crippen molar-refractivity contribution in [1.29, 1.82) is 0 Å². The van der Waals surface area contributed by atoms with Gasteiger partial charge in [-0.25, -0.2) is 37.9 Å². The number of imidazole rings is 1. The summed E-state index contributed by atoms with van der Waals surface area (Å²) in [5.41, 5.74) is 1.22. The number of amides is 3. The van der Waals surface area contributed by atoms with Crippen LogP contribution in [0.5, 0.6) is 0 Å². The predicted molar refractivity (Wildman–Crippen MR) is 190 cm³/mol. The molecule has 0 saturated heterocycles. The van der Waals surface area contributed by atoms with Gasteiger partial charge >= 0.3 is 12.2 Å². The SMILES string of the molecule is Cc1ccnc([C@H]2C[C@@H]2C(=O)N(C(=O)OC(C)(C)C)c2cc(N(Cc3cn4cc(C5CC5)ccc4n3)C(=O)OC(C)(C)C)ccc2S(C)(=O)=O)n1. The summed E-state index contributed by atoms with van der Waals surface area (Å²) < 4.78 is 39.9. The second kappa shape index (κ2) is 13.0. The van der Waals surface area contributed by atoms with Crippen LogP contribution in [0, 0.1) is 12.8 Å². The van der Waals surface area contributed by atoms with Crippen LogP contribution in [0.25, 0.3) is 5.65 Å². The Morgan fingerprint density at radius 1 is 0.922 bits per heavy atom. The highest BCUT2D eigenvalue weighted by Crippen LogP contribution is 2.48. The molecule has 0 aliphatic heterocycles. The molecule has 0 unspecified atom stereocenters. The van der Waals surface area contributed by atoms with Gasteiger partial charge in [-0.3, -0.25) is 9.69 Å². The van der Waals surface area contributed by atoms with Gasteiger partial charge in [0.2, 0.25) is 5.91 Å². The lowest BCUT2D eigenvalue weighted by atomic mass is 10.2. The van der Waals surface area contributed by atoms with Crippen LogP contribution in [0.2, 0.25) is 0 Å². The van der Waals surface area contributed by atoms with Crippen LogP contribution in [0.15, 0.2) is 59.9 Å². The van der Waals surface area contributed by atoms with Gasteiger partial charge in [0.05, 0.1) is 22.8 Å². The Kier molecular flexibility index (Phi) is 9.19. The molecule has 2 atom stereocenters. The fourth-order valence-electron chi connectivity index (χ4n) is 5.88. The first-order valence-electron chi connectivity index (χ1n) is 17.0. The number of carbonyl (C=O) groups excluding carboxylic acids is 3. The smallest absolute Gasteiger partial charge is 0.421 e. The van der Waals surface area contributed by atoms with Crippen molar-refractivity contribution in [2.75, 3.05) is 16.1 Å². The van der Waals surface area contributed by atoms with Crippen LogP contribution in [0.3, 0.4) is 0 Å². The first kappa shape index (κ1) is 36.0. The molecule has 0 bridgehead atoms. The Morgan fingerprint density at radius 2 is 1.61 bits per heavy atom. The third kappa shape index (κ3) is 8.38. The number of nitrogens with zero attached hydrogens (tertiary/aromatic N) is 6. The number of ether oxygens (including phenoxy) is 2. The van der Waals surface area contributed by atoms with Gasteiger partial charge in [0, 0.05) is 48.1 Å². The molecule has 0 spiro atoms. The molecule has 1 aromatic carbocycles. The molecule has 2 fully saturated rings. The first-order chi connectivity index (χ1) is 23.8. The van der Waals surface area contributed by atoms with Crippen LogP contribution in [-0.4, -0.2) is 63.3 Å². The highest BCUT2D eigenvalue weighted by atomic mass is 32.2. The van der Waals surface area contributed by atoms with Crippen molar-refractivity contribution < 1.29 is 32.3 Å². The third-order valence-corrected chi connectivity index (χ3v) is 9.59. The van der Waals surface area contributed by atoms with E-state index < -0.39 is 45.1 Å².